The summed E-state index contributed by atoms with van der Waals surface area (Å²) in [6, 6.07) is 0.591. The Hall–Kier alpha value is -0.0800. The molecule has 104 valence electrons. The van der Waals surface area contributed by atoms with E-state index in [0.29, 0.717) is 11.5 Å². The summed E-state index contributed by atoms with van der Waals surface area (Å²) in [5.74, 6) is 0. The van der Waals surface area contributed by atoms with Gasteiger partial charge in [-0.25, -0.2) is 0 Å². The van der Waals surface area contributed by atoms with Gasteiger partial charge in [0.15, 0.2) is 0 Å². The molecule has 0 saturated carbocycles. The molecular formula is C15H34N2. The van der Waals surface area contributed by atoms with Crippen LogP contribution in [0, 0.1) is 5.41 Å². The van der Waals surface area contributed by atoms with Crippen LogP contribution in [0.3, 0.4) is 0 Å². The van der Waals surface area contributed by atoms with Gasteiger partial charge in [0.1, 0.15) is 0 Å². The quantitative estimate of drug-likeness (QED) is 0.630. The second-order valence-corrected chi connectivity index (χ2v) is 5.83. The van der Waals surface area contributed by atoms with E-state index in [4.69, 9.17) is 0 Å². The van der Waals surface area contributed by atoms with Crippen LogP contribution in [0.4, 0.5) is 0 Å². The first-order valence-corrected chi connectivity index (χ1v) is 7.41. The molecule has 0 bridgehead atoms. The Kier molecular flexibility index (Phi) is 8.89. The van der Waals surface area contributed by atoms with Crippen LogP contribution in [0.2, 0.25) is 0 Å². The summed E-state index contributed by atoms with van der Waals surface area (Å²) in [6.45, 7) is 15.0. The fraction of sp³-hybridized carbons (Fsp3) is 1.00. The van der Waals surface area contributed by atoms with Gasteiger partial charge in [0.25, 0.3) is 0 Å². The van der Waals surface area contributed by atoms with Crippen LogP contribution < -0.4 is 5.32 Å². The summed E-state index contributed by atoms with van der Waals surface area (Å²) in [4.78, 5) is 2.51. The maximum absolute atomic E-state index is 3.62. The van der Waals surface area contributed by atoms with Gasteiger partial charge in [-0.15, -0.1) is 0 Å². The molecule has 0 spiro atoms. The molecule has 0 atom stereocenters. The molecule has 0 aromatic carbocycles. The van der Waals surface area contributed by atoms with E-state index < -0.39 is 0 Å². The van der Waals surface area contributed by atoms with E-state index in [2.05, 4.69) is 51.9 Å². The van der Waals surface area contributed by atoms with Crippen molar-refractivity contribution >= 4 is 0 Å². The summed E-state index contributed by atoms with van der Waals surface area (Å²) in [5, 5.41) is 3.62. The van der Waals surface area contributed by atoms with Gasteiger partial charge in [-0.2, -0.15) is 0 Å². The Morgan fingerprint density at radius 3 is 2.12 bits per heavy atom. The standard InChI is InChI=1S/C15H34N2/c1-7-10-11-17(6)13-15(8-2,9-3)12-16-14(4)5/h14,16H,7-13H2,1-6H3. The highest BCUT2D eigenvalue weighted by Crippen LogP contribution is 2.26. The van der Waals surface area contributed by atoms with Crippen molar-refractivity contribution in [3.8, 4) is 0 Å². The molecule has 2 heteroatoms. The van der Waals surface area contributed by atoms with Crippen molar-refractivity contribution in [2.45, 2.75) is 66.3 Å². The maximum atomic E-state index is 3.62. The van der Waals surface area contributed by atoms with E-state index in [1.54, 1.807) is 0 Å². The van der Waals surface area contributed by atoms with Crippen molar-refractivity contribution < 1.29 is 0 Å². The van der Waals surface area contributed by atoms with E-state index >= 15 is 0 Å². The number of unbranched alkanes of at least 4 members (excludes halogenated alkanes) is 1. The number of nitrogens with one attached hydrogen (secondary N) is 1. The van der Waals surface area contributed by atoms with E-state index in [9.17, 15) is 0 Å². The summed E-state index contributed by atoms with van der Waals surface area (Å²) in [5.41, 5.74) is 0.451. The molecule has 2 nitrogen and oxygen atoms in total. The van der Waals surface area contributed by atoms with Crippen molar-refractivity contribution in [3.05, 3.63) is 0 Å². The third-order valence-corrected chi connectivity index (χ3v) is 3.88. The molecule has 0 heterocycles. The summed E-state index contributed by atoms with van der Waals surface area (Å²) >= 11 is 0. The van der Waals surface area contributed by atoms with Gasteiger partial charge in [0.05, 0.1) is 0 Å². The highest BCUT2D eigenvalue weighted by atomic mass is 15.1. The van der Waals surface area contributed by atoms with Gasteiger partial charge in [0.2, 0.25) is 0 Å². The lowest BCUT2D eigenvalue weighted by molar-refractivity contribution is 0.151. The topological polar surface area (TPSA) is 15.3 Å². The normalized spacial score (nSPS) is 12.7. The van der Waals surface area contributed by atoms with Crippen LogP contribution in [0.25, 0.3) is 0 Å². The van der Waals surface area contributed by atoms with Crippen molar-refractivity contribution in [2.24, 2.45) is 5.41 Å². The van der Waals surface area contributed by atoms with Gasteiger partial charge in [-0.1, -0.05) is 41.0 Å². The average molecular weight is 242 g/mol. The fourth-order valence-electron chi connectivity index (χ4n) is 2.28. The molecule has 1 N–H and O–H groups in total. The Balaban J connectivity index is 4.27. The molecule has 0 unspecified atom stereocenters. The molecule has 0 rings (SSSR count). The summed E-state index contributed by atoms with van der Waals surface area (Å²) in [6.07, 6.45) is 5.14. The zero-order chi connectivity index (χ0) is 13.3. The number of nitrogens with zero attached hydrogens (tertiary/aromatic N) is 1. The van der Waals surface area contributed by atoms with Gasteiger partial charge in [0, 0.05) is 19.1 Å². The Labute approximate surface area is 109 Å². The van der Waals surface area contributed by atoms with Crippen molar-refractivity contribution in [3.63, 3.8) is 0 Å². The SMILES string of the molecule is CCCCN(C)CC(CC)(CC)CNC(C)C. The second-order valence-electron chi connectivity index (χ2n) is 5.83. The third-order valence-electron chi connectivity index (χ3n) is 3.88. The van der Waals surface area contributed by atoms with Gasteiger partial charge in [-0.3, -0.25) is 0 Å². The van der Waals surface area contributed by atoms with E-state index in [-0.39, 0.29) is 0 Å². The lowest BCUT2D eigenvalue weighted by Gasteiger charge is -2.36. The average Bonchev–Trinajstić information content (AvgIpc) is 2.32. The number of rotatable bonds is 10. The number of hydrogen-bond acceptors (Lipinski definition) is 2. The highest BCUT2D eigenvalue weighted by molar-refractivity contribution is 4.82. The van der Waals surface area contributed by atoms with Crippen LogP contribution in [0.1, 0.15) is 60.3 Å². The van der Waals surface area contributed by atoms with Crippen LogP contribution in [-0.4, -0.2) is 37.6 Å². The minimum atomic E-state index is 0.451. The van der Waals surface area contributed by atoms with Crippen LogP contribution >= 0.6 is 0 Å². The zero-order valence-electron chi connectivity index (χ0n) is 13.0. The minimum Gasteiger partial charge on any atom is -0.314 e. The van der Waals surface area contributed by atoms with E-state index in [1.165, 1.54) is 38.8 Å². The molecular weight excluding hydrogens is 208 g/mol. The van der Waals surface area contributed by atoms with Gasteiger partial charge >= 0.3 is 0 Å². The summed E-state index contributed by atoms with van der Waals surface area (Å²) < 4.78 is 0. The van der Waals surface area contributed by atoms with E-state index in [1.807, 2.05) is 0 Å². The van der Waals surface area contributed by atoms with Crippen molar-refractivity contribution in [1.29, 1.82) is 0 Å². The monoisotopic (exact) mass is 242 g/mol. The van der Waals surface area contributed by atoms with Gasteiger partial charge < -0.3 is 10.2 Å². The molecule has 0 aliphatic heterocycles. The molecule has 0 aliphatic carbocycles. The lowest BCUT2D eigenvalue weighted by Crippen LogP contribution is -2.44. The van der Waals surface area contributed by atoms with Gasteiger partial charge in [-0.05, 0) is 38.3 Å². The molecule has 17 heavy (non-hydrogen) atoms. The molecule has 0 saturated heterocycles. The lowest BCUT2D eigenvalue weighted by atomic mass is 9.81. The smallest absolute Gasteiger partial charge is 0.00469 e. The molecule has 0 aromatic heterocycles. The molecule has 0 aliphatic rings. The van der Waals surface area contributed by atoms with Crippen molar-refractivity contribution in [2.75, 3.05) is 26.7 Å². The van der Waals surface area contributed by atoms with Crippen LogP contribution in [0.15, 0.2) is 0 Å². The maximum Gasteiger partial charge on any atom is 0.00469 e. The van der Waals surface area contributed by atoms with Crippen molar-refractivity contribution in [1.82, 2.24) is 10.2 Å². The molecule has 0 aromatic rings. The molecule has 0 radical (unpaired) electrons. The van der Waals surface area contributed by atoms with E-state index in [0.717, 1.165) is 6.54 Å². The predicted molar refractivity (Wildman–Crippen MR) is 78.6 cm³/mol. The van der Waals surface area contributed by atoms with Crippen LogP contribution in [-0.2, 0) is 0 Å². The minimum absolute atomic E-state index is 0.451. The first-order chi connectivity index (χ1) is 7.99. The summed E-state index contributed by atoms with van der Waals surface area (Å²) in [7, 11) is 2.27. The largest absolute Gasteiger partial charge is 0.314 e. The first-order valence-electron chi connectivity index (χ1n) is 7.41. The molecule has 0 amide bonds. The zero-order valence-corrected chi connectivity index (χ0v) is 13.0. The Morgan fingerprint density at radius 2 is 1.71 bits per heavy atom. The Morgan fingerprint density at radius 1 is 1.12 bits per heavy atom. The second kappa shape index (κ2) is 8.93. The first kappa shape index (κ1) is 16.9. The Bertz CT molecular complexity index is 174. The highest BCUT2D eigenvalue weighted by Gasteiger charge is 2.27. The fourth-order valence-corrected chi connectivity index (χ4v) is 2.28. The molecule has 0 fully saturated rings. The predicted octanol–water partition coefficient (Wildman–Crippen LogP) is 3.52. The third kappa shape index (κ3) is 7.05. The van der Waals surface area contributed by atoms with Crippen LogP contribution in [0.5, 0.6) is 0 Å². The number of hydrogen-bond donors (Lipinski definition) is 1.